The van der Waals surface area contributed by atoms with Gasteiger partial charge < -0.3 is 4.57 Å². The lowest BCUT2D eigenvalue weighted by atomic mass is 10.0. The normalized spacial score (nSPS) is 27.3. The Labute approximate surface area is 145 Å². The first-order valence-corrected chi connectivity index (χ1v) is 11.2. The average Bonchev–Trinajstić information content (AvgIpc) is 3.04. The van der Waals surface area contributed by atoms with Crippen molar-refractivity contribution in [1.82, 2.24) is 4.57 Å². The second-order valence-corrected chi connectivity index (χ2v) is 15.5. The van der Waals surface area contributed by atoms with Crippen molar-refractivity contribution in [3.8, 4) is 0 Å². The molecule has 0 saturated carbocycles. The quantitative estimate of drug-likeness (QED) is 0.456. The summed E-state index contributed by atoms with van der Waals surface area (Å²) in [4.78, 5) is 0. The second-order valence-electron chi connectivity index (χ2n) is 9.71. The maximum Gasteiger partial charge on any atom is 0.159 e. The molecule has 0 amide bonds. The van der Waals surface area contributed by atoms with E-state index in [1.54, 1.807) is 0 Å². The van der Waals surface area contributed by atoms with Crippen molar-refractivity contribution in [2.75, 3.05) is 0 Å². The van der Waals surface area contributed by atoms with Crippen LogP contribution in [-0.4, -0.2) is 18.0 Å². The van der Waals surface area contributed by atoms with Crippen LogP contribution in [0.3, 0.4) is 0 Å². The fourth-order valence-corrected chi connectivity index (χ4v) is 16.4. The zero-order valence-corrected chi connectivity index (χ0v) is 17.8. The van der Waals surface area contributed by atoms with Crippen molar-refractivity contribution in [1.29, 1.82) is 0 Å². The van der Waals surface area contributed by atoms with E-state index >= 15 is 0 Å². The molecule has 1 aromatic carbocycles. The van der Waals surface area contributed by atoms with Gasteiger partial charge in [-0.1, -0.05) is 92.6 Å². The highest BCUT2D eigenvalue weighted by molar-refractivity contribution is 6.94. The fourth-order valence-electron chi connectivity index (χ4n) is 6.33. The number of hydrogen-bond donors (Lipinski definition) is 0. The zero-order chi connectivity index (χ0) is 17.7. The van der Waals surface area contributed by atoms with E-state index in [4.69, 9.17) is 0 Å². The molecule has 130 valence electrons. The van der Waals surface area contributed by atoms with Crippen LogP contribution in [0, 0.1) is 5.92 Å². The Hall–Kier alpha value is -0.603. The predicted molar refractivity (Wildman–Crippen MR) is 105 cm³/mol. The Balaban J connectivity index is 2.58. The Kier molecular flexibility index (Phi) is 4.67. The van der Waals surface area contributed by atoms with Crippen molar-refractivity contribution in [2.24, 2.45) is 5.92 Å². The fraction of sp³-hybridized carbons (Fsp3) is 0.714. The molecule has 0 radical (unpaired) electrons. The largest absolute Gasteiger partial charge is 0.313 e. The van der Waals surface area contributed by atoms with Gasteiger partial charge in [0.15, 0.2) is 8.24 Å². The minimum Gasteiger partial charge on any atom is -0.313 e. The molecule has 0 N–H and O–H groups in total. The molecule has 0 spiro atoms. The summed E-state index contributed by atoms with van der Waals surface area (Å²) in [5, 5.41) is 1.17. The molecule has 0 aliphatic carbocycles. The maximum absolute atomic E-state index is 2.97. The third kappa shape index (κ3) is 2.44. The minimum absolute atomic E-state index is 0.375. The van der Waals surface area contributed by atoms with Crippen LogP contribution in [0.5, 0.6) is 0 Å². The molecular formula is C21H37NSi. The first-order valence-electron chi connectivity index (χ1n) is 9.28. The van der Waals surface area contributed by atoms with Crippen molar-refractivity contribution in [3.63, 3.8) is 0 Å². The number of benzene rings is 1. The summed E-state index contributed by atoms with van der Waals surface area (Å²) in [7, 11) is -1.68. The lowest BCUT2D eigenvalue weighted by Gasteiger charge is -2.43. The van der Waals surface area contributed by atoms with Crippen LogP contribution in [0.1, 0.15) is 74.3 Å². The van der Waals surface area contributed by atoms with Crippen LogP contribution in [0.15, 0.2) is 30.3 Å². The topological polar surface area (TPSA) is 3.01 Å². The van der Waals surface area contributed by atoms with Gasteiger partial charge in [-0.05, 0) is 28.0 Å². The Morgan fingerprint density at radius 3 is 1.74 bits per heavy atom. The first-order chi connectivity index (χ1) is 10.5. The first kappa shape index (κ1) is 18.7. The smallest absolute Gasteiger partial charge is 0.159 e. The molecule has 1 aliphatic heterocycles. The van der Waals surface area contributed by atoms with E-state index in [0.29, 0.717) is 21.2 Å². The van der Waals surface area contributed by atoms with Crippen molar-refractivity contribution in [2.45, 2.75) is 90.5 Å². The molecule has 1 saturated heterocycles. The lowest BCUT2D eigenvalue weighted by Crippen LogP contribution is -2.49. The summed E-state index contributed by atoms with van der Waals surface area (Å²) in [6.07, 6.45) is 1.28. The van der Waals surface area contributed by atoms with Gasteiger partial charge in [-0.3, -0.25) is 0 Å². The monoisotopic (exact) mass is 331 g/mol. The van der Waals surface area contributed by atoms with Gasteiger partial charge in [0.05, 0.1) is 0 Å². The number of rotatable bonds is 4. The van der Waals surface area contributed by atoms with Crippen LogP contribution < -0.4 is 0 Å². The Bertz CT molecular complexity index is 521. The molecule has 1 heterocycles. The van der Waals surface area contributed by atoms with E-state index in [1.165, 1.54) is 12.0 Å². The summed E-state index contributed by atoms with van der Waals surface area (Å²) in [5.74, 6) is 0.710. The third-order valence-corrected chi connectivity index (χ3v) is 14.3. The van der Waals surface area contributed by atoms with Gasteiger partial charge >= 0.3 is 0 Å². The molecule has 1 fully saturated rings. The van der Waals surface area contributed by atoms with E-state index in [1.807, 2.05) is 0 Å². The Morgan fingerprint density at radius 2 is 1.43 bits per heavy atom. The highest BCUT2D eigenvalue weighted by Gasteiger charge is 2.83. The van der Waals surface area contributed by atoms with Gasteiger partial charge in [-0.2, -0.15) is 0 Å². The highest BCUT2D eigenvalue weighted by Crippen LogP contribution is 2.73. The molecule has 2 rings (SSSR count). The van der Waals surface area contributed by atoms with Crippen LogP contribution in [-0.2, 0) is 6.54 Å². The molecule has 2 atom stereocenters. The maximum atomic E-state index is 2.97. The van der Waals surface area contributed by atoms with E-state index < -0.39 is 8.24 Å². The third-order valence-electron chi connectivity index (χ3n) is 6.31. The number of hydrogen-bond acceptors (Lipinski definition) is 1. The van der Waals surface area contributed by atoms with Gasteiger partial charge in [-0.25, -0.2) is 0 Å². The van der Waals surface area contributed by atoms with Gasteiger partial charge in [0, 0.05) is 11.7 Å². The molecule has 2 heteroatoms. The summed E-state index contributed by atoms with van der Waals surface area (Å²) in [6.45, 7) is 23.5. The second kappa shape index (κ2) is 5.74. The molecule has 0 bridgehead atoms. The van der Waals surface area contributed by atoms with Gasteiger partial charge in [-0.15, -0.1) is 0 Å². The van der Waals surface area contributed by atoms with E-state index in [9.17, 15) is 0 Å². The molecule has 2 unspecified atom stereocenters. The average molecular weight is 332 g/mol. The molecule has 0 aromatic heterocycles. The van der Waals surface area contributed by atoms with Crippen molar-refractivity contribution in [3.05, 3.63) is 35.9 Å². The number of nitrogens with zero attached hydrogens (tertiary/aromatic N) is 1. The van der Waals surface area contributed by atoms with Crippen molar-refractivity contribution >= 4 is 8.24 Å². The molecule has 23 heavy (non-hydrogen) atoms. The van der Waals surface area contributed by atoms with E-state index in [2.05, 4.69) is 97.2 Å². The van der Waals surface area contributed by atoms with Gasteiger partial charge in [0.25, 0.3) is 0 Å². The molecule has 1 aromatic rings. The van der Waals surface area contributed by atoms with Crippen LogP contribution in [0.2, 0.25) is 10.1 Å². The van der Waals surface area contributed by atoms with E-state index in [0.717, 1.165) is 6.54 Å². The molecule has 1 nitrogen and oxygen atoms in total. The van der Waals surface area contributed by atoms with Gasteiger partial charge in [0.2, 0.25) is 0 Å². The minimum atomic E-state index is -1.68. The zero-order valence-electron chi connectivity index (χ0n) is 16.8. The van der Waals surface area contributed by atoms with E-state index in [-0.39, 0.29) is 0 Å². The Morgan fingerprint density at radius 1 is 0.957 bits per heavy atom. The molecule has 1 aliphatic rings. The highest BCUT2D eigenvalue weighted by atomic mass is 28.4. The summed E-state index contributed by atoms with van der Waals surface area (Å²) >= 11 is 0. The standard InChI is InChI=1S/C21H37NSi/c1-10-21(17(2)3)22(16-18-14-12-11-13-15-18)23(21,19(4,5)6)20(7,8)9/h11-15,17H,10,16H2,1-9H3. The van der Waals surface area contributed by atoms with Crippen LogP contribution in [0.4, 0.5) is 0 Å². The molecular weight excluding hydrogens is 294 g/mol. The summed E-state index contributed by atoms with van der Waals surface area (Å²) < 4.78 is 2.97. The van der Waals surface area contributed by atoms with Gasteiger partial charge in [0.1, 0.15) is 0 Å². The van der Waals surface area contributed by atoms with Crippen molar-refractivity contribution < 1.29 is 0 Å². The lowest BCUT2D eigenvalue weighted by molar-refractivity contribution is 0.310. The van der Waals surface area contributed by atoms with Crippen LogP contribution >= 0.6 is 0 Å². The summed E-state index contributed by atoms with van der Waals surface area (Å²) in [5.41, 5.74) is 1.47. The predicted octanol–water partition coefficient (Wildman–Crippen LogP) is 6.39. The summed E-state index contributed by atoms with van der Waals surface area (Å²) in [6, 6.07) is 11.1. The SMILES string of the molecule is CCC1(C(C)C)N(Cc2ccccc2)[Si]1(C(C)(C)C)C(C)(C)C. The van der Waals surface area contributed by atoms with Crippen LogP contribution in [0.25, 0.3) is 0 Å².